The van der Waals surface area contributed by atoms with Crippen LogP contribution in [0.25, 0.3) is 10.9 Å². The zero-order valence-corrected chi connectivity index (χ0v) is 12.6. The van der Waals surface area contributed by atoms with Gasteiger partial charge in [0, 0.05) is 33.1 Å². The van der Waals surface area contributed by atoms with Crippen molar-refractivity contribution >= 4 is 32.6 Å². The van der Waals surface area contributed by atoms with Gasteiger partial charge >= 0.3 is 0 Å². The lowest BCUT2D eigenvalue weighted by Crippen LogP contribution is -2.08. The third-order valence-electron chi connectivity index (χ3n) is 3.60. The molecule has 0 aliphatic rings. The van der Waals surface area contributed by atoms with E-state index >= 15 is 0 Å². The number of carbonyl (C=O) groups is 1. The second-order valence-corrected chi connectivity index (χ2v) is 5.80. The summed E-state index contributed by atoms with van der Waals surface area (Å²) in [5, 5.41) is 0.965. The highest BCUT2D eigenvalue weighted by Crippen LogP contribution is 2.27. The van der Waals surface area contributed by atoms with Crippen molar-refractivity contribution in [3.8, 4) is 0 Å². The first-order chi connectivity index (χ1) is 9.66. The van der Waals surface area contributed by atoms with Crippen LogP contribution in [0.5, 0.6) is 0 Å². The number of carbonyl (C=O) groups excluding carboxylic acids is 1. The third-order valence-corrected chi connectivity index (χ3v) is 4.10. The molecule has 2 nitrogen and oxygen atoms in total. The van der Waals surface area contributed by atoms with Gasteiger partial charge in [-0.15, -0.1) is 0 Å². The molecule has 0 spiro atoms. The number of benzene rings is 2. The Bertz CT molecular complexity index is 761. The van der Waals surface area contributed by atoms with Crippen molar-refractivity contribution in [2.75, 3.05) is 0 Å². The Morgan fingerprint density at radius 2 is 1.90 bits per heavy atom. The van der Waals surface area contributed by atoms with Gasteiger partial charge in [-0.25, -0.2) is 0 Å². The smallest absolute Gasteiger partial charge is 0.172 e. The SMILES string of the molecule is CC(C(=O)c1c[nH]c2ccc(Br)cc12)c1ccccc1. The molecule has 3 aromatic rings. The summed E-state index contributed by atoms with van der Waals surface area (Å²) in [5.74, 6) is -0.00488. The van der Waals surface area contributed by atoms with Crippen molar-refractivity contribution in [1.29, 1.82) is 0 Å². The fourth-order valence-electron chi connectivity index (χ4n) is 2.42. The van der Waals surface area contributed by atoms with Gasteiger partial charge in [-0.05, 0) is 23.8 Å². The van der Waals surface area contributed by atoms with Crippen molar-refractivity contribution < 1.29 is 4.79 Å². The van der Waals surface area contributed by atoms with Crippen molar-refractivity contribution in [3.63, 3.8) is 0 Å². The molecule has 1 unspecified atom stereocenters. The van der Waals surface area contributed by atoms with E-state index in [1.54, 1.807) is 6.20 Å². The van der Waals surface area contributed by atoms with Gasteiger partial charge in [-0.1, -0.05) is 53.2 Å². The van der Waals surface area contributed by atoms with Gasteiger partial charge in [0.2, 0.25) is 0 Å². The van der Waals surface area contributed by atoms with Gasteiger partial charge in [-0.2, -0.15) is 0 Å². The van der Waals surface area contributed by atoms with Gasteiger partial charge in [0.05, 0.1) is 0 Å². The largest absolute Gasteiger partial charge is 0.360 e. The first kappa shape index (κ1) is 13.1. The quantitative estimate of drug-likeness (QED) is 0.680. The molecule has 0 fully saturated rings. The molecule has 1 heterocycles. The highest BCUT2D eigenvalue weighted by atomic mass is 79.9. The second kappa shape index (κ2) is 5.25. The summed E-state index contributed by atoms with van der Waals surface area (Å²) in [5.41, 5.74) is 2.77. The minimum Gasteiger partial charge on any atom is -0.360 e. The maximum absolute atomic E-state index is 12.7. The highest BCUT2D eigenvalue weighted by Gasteiger charge is 2.20. The van der Waals surface area contributed by atoms with Crippen LogP contribution in [0.15, 0.2) is 59.2 Å². The van der Waals surface area contributed by atoms with Crippen LogP contribution in [0, 0.1) is 0 Å². The molecular formula is C17H14BrNO. The molecule has 0 aliphatic carbocycles. The molecule has 0 saturated heterocycles. The minimum atomic E-state index is -0.144. The summed E-state index contributed by atoms with van der Waals surface area (Å²) < 4.78 is 0.978. The van der Waals surface area contributed by atoms with Crippen LogP contribution in [0.2, 0.25) is 0 Å². The average Bonchev–Trinajstić information content (AvgIpc) is 2.89. The van der Waals surface area contributed by atoms with E-state index < -0.39 is 0 Å². The lowest BCUT2D eigenvalue weighted by Gasteiger charge is -2.10. The second-order valence-electron chi connectivity index (χ2n) is 4.89. The lowest BCUT2D eigenvalue weighted by atomic mass is 9.92. The van der Waals surface area contributed by atoms with Gasteiger partial charge < -0.3 is 4.98 Å². The van der Waals surface area contributed by atoms with Crippen molar-refractivity contribution in [2.45, 2.75) is 12.8 Å². The number of hydrogen-bond acceptors (Lipinski definition) is 1. The molecular weight excluding hydrogens is 314 g/mol. The van der Waals surface area contributed by atoms with Crippen LogP contribution in [-0.2, 0) is 0 Å². The van der Waals surface area contributed by atoms with Crippen LogP contribution in [0.3, 0.4) is 0 Å². The fourth-order valence-corrected chi connectivity index (χ4v) is 2.78. The highest BCUT2D eigenvalue weighted by molar-refractivity contribution is 9.10. The normalized spacial score (nSPS) is 12.5. The van der Waals surface area contributed by atoms with Crippen molar-refractivity contribution in [1.82, 2.24) is 4.98 Å². The predicted molar refractivity (Wildman–Crippen MR) is 85.2 cm³/mol. The zero-order chi connectivity index (χ0) is 14.1. The van der Waals surface area contributed by atoms with E-state index in [0.29, 0.717) is 0 Å². The number of Topliss-reactive ketones (excluding diaryl/α,β-unsaturated/α-hetero) is 1. The molecule has 1 atom stereocenters. The molecule has 0 aliphatic heterocycles. The molecule has 1 aromatic heterocycles. The first-order valence-electron chi connectivity index (χ1n) is 6.52. The molecule has 0 bridgehead atoms. The number of hydrogen-bond donors (Lipinski definition) is 1. The van der Waals surface area contributed by atoms with E-state index in [1.807, 2.05) is 55.5 Å². The third kappa shape index (κ3) is 2.29. The van der Waals surface area contributed by atoms with E-state index in [4.69, 9.17) is 0 Å². The molecule has 0 amide bonds. The van der Waals surface area contributed by atoms with E-state index in [9.17, 15) is 4.79 Å². The van der Waals surface area contributed by atoms with Gasteiger partial charge in [-0.3, -0.25) is 4.79 Å². The van der Waals surface area contributed by atoms with Crippen molar-refractivity contribution in [2.24, 2.45) is 0 Å². The number of nitrogens with one attached hydrogen (secondary N) is 1. The van der Waals surface area contributed by atoms with E-state index in [-0.39, 0.29) is 11.7 Å². The number of H-pyrrole nitrogens is 1. The molecule has 2 aromatic carbocycles. The zero-order valence-electron chi connectivity index (χ0n) is 11.1. The van der Waals surface area contributed by atoms with E-state index in [0.717, 1.165) is 26.5 Å². The maximum Gasteiger partial charge on any atom is 0.172 e. The summed E-state index contributed by atoms with van der Waals surface area (Å²) in [4.78, 5) is 15.9. The van der Waals surface area contributed by atoms with E-state index in [1.165, 1.54) is 0 Å². The number of ketones is 1. The maximum atomic E-state index is 12.7. The molecule has 3 heteroatoms. The summed E-state index contributed by atoms with van der Waals surface area (Å²) >= 11 is 3.46. The summed E-state index contributed by atoms with van der Waals surface area (Å²) in [6.07, 6.45) is 1.80. The van der Waals surface area contributed by atoms with Crippen LogP contribution in [0.4, 0.5) is 0 Å². The molecule has 0 radical (unpaired) electrons. The lowest BCUT2D eigenvalue weighted by molar-refractivity contribution is 0.0968. The topological polar surface area (TPSA) is 32.9 Å². The van der Waals surface area contributed by atoms with Crippen LogP contribution < -0.4 is 0 Å². The minimum absolute atomic E-state index is 0.139. The molecule has 100 valence electrons. The van der Waals surface area contributed by atoms with Gasteiger partial charge in [0.15, 0.2) is 5.78 Å². The number of rotatable bonds is 3. The Hall–Kier alpha value is -1.87. The predicted octanol–water partition coefficient (Wildman–Crippen LogP) is 4.92. The van der Waals surface area contributed by atoms with Crippen LogP contribution in [0.1, 0.15) is 28.8 Å². The number of fused-ring (bicyclic) bond motifs is 1. The van der Waals surface area contributed by atoms with Gasteiger partial charge in [0.1, 0.15) is 0 Å². The summed E-state index contributed by atoms with van der Waals surface area (Å²) in [6, 6.07) is 15.8. The van der Waals surface area contributed by atoms with Crippen LogP contribution >= 0.6 is 15.9 Å². The fraction of sp³-hybridized carbons (Fsp3) is 0.118. The molecule has 20 heavy (non-hydrogen) atoms. The van der Waals surface area contributed by atoms with Gasteiger partial charge in [0.25, 0.3) is 0 Å². The number of aromatic amines is 1. The molecule has 3 rings (SSSR count). The first-order valence-corrected chi connectivity index (χ1v) is 7.32. The standard InChI is InChI=1S/C17H14BrNO/c1-11(12-5-3-2-4-6-12)17(20)15-10-19-16-8-7-13(18)9-14(15)16/h2-11,19H,1H3. The number of halogens is 1. The van der Waals surface area contributed by atoms with Crippen molar-refractivity contribution in [3.05, 3.63) is 70.3 Å². The molecule has 1 N–H and O–H groups in total. The van der Waals surface area contributed by atoms with Crippen LogP contribution in [-0.4, -0.2) is 10.8 Å². The Balaban J connectivity index is 2.03. The Morgan fingerprint density at radius 1 is 1.15 bits per heavy atom. The Kier molecular flexibility index (Phi) is 3.45. The van der Waals surface area contributed by atoms with E-state index in [2.05, 4.69) is 20.9 Å². The Labute approximate surface area is 126 Å². The average molecular weight is 328 g/mol. The monoisotopic (exact) mass is 327 g/mol. The summed E-state index contributed by atoms with van der Waals surface area (Å²) in [6.45, 7) is 1.95. The molecule has 0 saturated carbocycles. The summed E-state index contributed by atoms with van der Waals surface area (Å²) in [7, 11) is 0. The number of aromatic nitrogens is 1. The Morgan fingerprint density at radius 3 is 2.65 bits per heavy atom.